The summed E-state index contributed by atoms with van der Waals surface area (Å²) in [5.41, 5.74) is -1.67. The Morgan fingerprint density at radius 3 is 2.77 bits per heavy atom. The van der Waals surface area contributed by atoms with E-state index in [9.17, 15) is 14.7 Å². The normalized spacial score (nSPS) is 45.1. The van der Waals surface area contributed by atoms with Crippen LogP contribution in [0.1, 0.15) is 39.0 Å². The molecule has 0 aromatic heterocycles. The molecule has 0 aromatic carbocycles. The number of hydrogen-bond acceptors (Lipinski definition) is 3. The van der Waals surface area contributed by atoms with E-state index in [-0.39, 0.29) is 18.0 Å². The van der Waals surface area contributed by atoms with Crippen LogP contribution in [0.5, 0.6) is 0 Å². The summed E-state index contributed by atoms with van der Waals surface area (Å²) < 4.78 is 0. The van der Waals surface area contributed by atoms with Crippen LogP contribution in [0.4, 0.5) is 0 Å². The Bertz CT molecular complexity index is 284. The molecule has 2 fully saturated rings. The molecule has 0 heterocycles. The highest BCUT2D eigenvalue weighted by Gasteiger charge is 2.58. The topological polar surface area (TPSA) is 54.4 Å². The Hall–Kier alpha value is -0.700. The van der Waals surface area contributed by atoms with E-state index in [1.165, 1.54) is 0 Å². The second-order valence-electron chi connectivity index (χ2n) is 4.50. The zero-order valence-electron chi connectivity index (χ0n) is 7.80. The molecule has 2 rings (SSSR count). The first kappa shape index (κ1) is 8.88. The number of ketones is 2. The third-order valence-corrected chi connectivity index (χ3v) is 3.80. The first-order valence-corrected chi connectivity index (χ1v) is 4.75. The van der Waals surface area contributed by atoms with Crippen molar-refractivity contribution in [2.24, 2.45) is 5.41 Å². The van der Waals surface area contributed by atoms with Crippen molar-refractivity contribution in [1.82, 2.24) is 0 Å². The van der Waals surface area contributed by atoms with Crippen LogP contribution in [0.15, 0.2) is 0 Å². The van der Waals surface area contributed by atoms with Gasteiger partial charge < -0.3 is 5.11 Å². The van der Waals surface area contributed by atoms with Crippen molar-refractivity contribution in [3.8, 4) is 0 Å². The molecule has 3 nitrogen and oxygen atoms in total. The van der Waals surface area contributed by atoms with E-state index in [1.54, 1.807) is 6.92 Å². The Kier molecular flexibility index (Phi) is 1.65. The number of carbonyl (C=O) groups excluding carboxylic acids is 2. The third kappa shape index (κ3) is 0.998. The third-order valence-electron chi connectivity index (χ3n) is 3.80. The predicted molar refractivity (Wildman–Crippen MR) is 46.2 cm³/mol. The molecule has 2 atom stereocenters. The molecule has 0 bridgehead atoms. The summed E-state index contributed by atoms with van der Waals surface area (Å²) in [6.07, 6.45) is 2.05. The lowest BCUT2D eigenvalue weighted by atomic mass is 9.66. The van der Waals surface area contributed by atoms with Gasteiger partial charge in [-0.25, -0.2) is 0 Å². The molecule has 0 aromatic rings. The molecule has 0 unspecified atom stereocenters. The maximum absolute atomic E-state index is 11.6. The van der Waals surface area contributed by atoms with Crippen molar-refractivity contribution in [2.45, 2.75) is 44.6 Å². The number of fused-ring (bicyclic) bond motifs is 1. The van der Waals surface area contributed by atoms with E-state index in [4.69, 9.17) is 0 Å². The second kappa shape index (κ2) is 2.41. The van der Waals surface area contributed by atoms with Gasteiger partial charge in [0.05, 0.1) is 11.0 Å². The molecule has 2 saturated carbocycles. The SMILES string of the molecule is C[C@]12CCC(=[18O])C[C@@]1(O)CCC2=O. The lowest BCUT2D eigenvalue weighted by molar-refractivity contribution is -0.148. The molecule has 2 aliphatic rings. The van der Waals surface area contributed by atoms with Gasteiger partial charge in [0.1, 0.15) is 11.6 Å². The van der Waals surface area contributed by atoms with Crippen molar-refractivity contribution < 1.29 is 14.7 Å². The molecule has 13 heavy (non-hydrogen) atoms. The molecule has 0 saturated heterocycles. The maximum atomic E-state index is 11.6. The maximum Gasteiger partial charge on any atom is 0.141 e. The van der Waals surface area contributed by atoms with E-state index >= 15 is 0 Å². The summed E-state index contributed by atoms with van der Waals surface area (Å²) in [7, 11) is 0. The van der Waals surface area contributed by atoms with Crippen molar-refractivity contribution in [1.29, 1.82) is 0 Å². The minimum atomic E-state index is -1.03. The van der Waals surface area contributed by atoms with Gasteiger partial charge in [0.25, 0.3) is 0 Å². The largest absolute Gasteiger partial charge is 0.388 e. The van der Waals surface area contributed by atoms with Crippen LogP contribution in [-0.2, 0) is 9.59 Å². The van der Waals surface area contributed by atoms with Gasteiger partial charge in [0, 0.05) is 19.3 Å². The molecule has 72 valence electrons. The van der Waals surface area contributed by atoms with E-state index in [2.05, 4.69) is 0 Å². The average molecular weight is 184 g/mol. The summed E-state index contributed by atoms with van der Waals surface area (Å²) in [4.78, 5) is 22.8. The minimum Gasteiger partial charge on any atom is -0.388 e. The first-order valence-electron chi connectivity index (χ1n) is 4.75. The summed E-state index contributed by atoms with van der Waals surface area (Å²) in [6.45, 7) is 1.80. The number of aliphatic hydroxyl groups is 1. The highest BCUT2D eigenvalue weighted by molar-refractivity contribution is 5.93. The predicted octanol–water partition coefficient (Wildman–Crippen LogP) is 0.840. The monoisotopic (exact) mass is 184 g/mol. The lowest BCUT2D eigenvalue weighted by Crippen LogP contribution is -2.50. The molecule has 0 amide bonds. The van der Waals surface area contributed by atoms with Crippen molar-refractivity contribution >= 4 is 11.6 Å². The zero-order chi connectivity index (χ0) is 9.69. The van der Waals surface area contributed by atoms with E-state index in [0.717, 1.165) is 0 Å². The summed E-state index contributed by atoms with van der Waals surface area (Å²) in [6, 6.07) is 0. The van der Waals surface area contributed by atoms with Crippen molar-refractivity contribution in [3.63, 3.8) is 0 Å². The van der Waals surface area contributed by atoms with Gasteiger partial charge in [0.15, 0.2) is 0 Å². The first-order chi connectivity index (χ1) is 5.98. The van der Waals surface area contributed by atoms with Crippen molar-refractivity contribution in [2.75, 3.05) is 0 Å². The molecule has 2 aliphatic carbocycles. The fourth-order valence-corrected chi connectivity index (χ4v) is 2.59. The number of hydrogen-bond donors (Lipinski definition) is 1. The molecule has 3 heteroatoms. The van der Waals surface area contributed by atoms with Crippen LogP contribution in [0.25, 0.3) is 0 Å². The molecule has 0 spiro atoms. The minimum absolute atomic E-state index is 0.0923. The summed E-state index contributed by atoms with van der Waals surface area (Å²) in [5.74, 6) is 0.220. The Morgan fingerprint density at radius 1 is 1.38 bits per heavy atom. The fraction of sp³-hybridized carbons (Fsp3) is 0.800. The molecule has 1 N–H and O–H groups in total. The van der Waals surface area contributed by atoms with Crippen LogP contribution in [0.2, 0.25) is 0 Å². The molecular formula is C10H14O3. The molecule has 0 aliphatic heterocycles. The Labute approximate surface area is 77.1 Å². The number of rotatable bonds is 0. The molecule has 0 radical (unpaired) electrons. The zero-order valence-corrected chi connectivity index (χ0v) is 7.80. The van der Waals surface area contributed by atoms with E-state index in [0.29, 0.717) is 25.7 Å². The van der Waals surface area contributed by atoms with Gasteiger partial charge in [-0.3, -0.25) is 9.59 Å². The Balaban J connectivity index is 2.37. The second-order valence-corrected chi connectivity index (χ2v) is 4.50. The average Bonchev–Trinajstić information content (AvgIpc) is 2.28. The van der Waals surface area contributed by atoms with Gasteiger partial charge in [-0.15, -0.1) is 0 Å². The van der Waals surface area contributed by atoms with Gasteiger partial charge >= 0.3 is 0 Å². The Morgan fingerprint density at radius 2 is 2.08 bits per heavy atom. The van der Waals surface area contributed by atoms with Crippen LogP contribution in [-0.4, -0.2) is 22.3 Å². The summed E-state index contributed by atoms with van der Waals surface area (Å²) in [5, 5.41) is 10.2. The van der Waals surface area contributed by atoms with Crippen LogP contribution in [0.3, 0.4) is 0 Å². The standard InChI is InChI=1S/C10H14O3/c1-9-4-2-7(11)6-10(9,13)5-3-8(9)12/h13H,2-6H2,1H3/t9-,10+/m1/s1/i11+2. The van der Waals surface area contributed by atoms with Gasteiger partial charge in [-0.05, 0) is 19.8 Å². The fourth-order valence-electron chi connectivity index (χ4n) is 2.59. The highest BCUT2D eigenvalue weighted by Crippen LogP contribution is 2.51. The highest BCUT2D eigenvalue weighted by atomic mass is 18.1. The van der Waals surface area contributed by atoms with Crippen LogP contribution >= 0.6 is 0 Å². The molecular weight excluding hydrogens is 170 g/mol. The van der Waals surface area contributed by atoms with Gasteiger partial charge in [0.2, 0.25) is 0 Å². The quantitative estimate of drug-likeness (QED) is 0.567. The van der Waals surface area contributed by atoms with Gasteiger partial charge in [-0.1, -0.05) is 0 Å². The van der Waals surface area contributed by atoms with Gasteiger partial charge in [-0.2, -0.15) is 0 Å². The van der Waals surface area contributed by atoms with E-state index < -0.39 is 11.0 Å². The van der Waals surface area contributed by atoms with E-state index in [1.807, 2.05) is 0 Å². The van der Waals surface area contributed by atoms with Crippen LogP contribution < -0.4 is 0 Å². The number of Topliss-reactive ketones (excluding diaryl/α,β-unsaturated/α-hetero) is 2. The number of carbonyl (C=O) groups is 2. The lowest BCUT2D eigenvalue weighted by Gasteiger charge is -2.41. The van der Waals surface area contributed by atoms with Crippen molar-refractivity contribution in [3.05, 3.63) is 0 Å². The summed E-state index contributed by atoms with van der Waals surface area (Å²) >= 11 is 0. The smallest absolute Gasteiger partial charge is 0.141 e. The van der Waals surface area contributed by atoms with Crippen LogP contribution in [0, 0.1) is 5.41 Å².